The van der Waals surface area contributed by atoms with Crippen LogP contribution in [0.15, 0.2) is 6.07 Å². The fourth-order valence-electron chi connectivity index (χ4n) is 2.24. The first kappa shape index (κ1) is 13.1. The zero-order valence-corrected chi connectivity index (χ0v) is 11.6. The van der Waals surface area contributed by atoms with E-state index in [1.807, 2.05) is 6.92 Å². The van der Waals surface area contributed by atoms with Crippen LogP contribution >= 0.6 is 0 Å². The zero-order valence-electron chi connectivity index (χ0n) is 11.6. The molecule has 1 aliphatic rings. The number of nitrogens with one attached hydrogen (secondary N) is 1. The fourth-order valence-corrected chi connectivity index (χ4v) is 2.24. The van der Waals surface area contributed by atoms with Crippen molar-refractivity contribution >= 4 is 11.8 Å². The Labute approximate surface area is 109 Å². The van der Waals surface area contributed by atoms with Crippen LogP contribution in [0, 0.1) is 6.92 Å². The lowest BCUT2D eigenvalue weighted by Gasteiger charge is -2.29. The van der Waals surface area contributed by atoms with Gasteiger partial charge in [0.2, 0.25) is 5.95 Å². The molecule has 0 spiro atoms. The second-order valence-electron chi connectivity index (χ2n) is 4.58. The molecule has 0 saturated carbocycles. The molecule has 1 aromatic rings. The predicted molar refractivity (Wildman–Crippen MR) is 75.4 cm³/mol. The van der Waals surface area contributed by atoms with E-state index in [0.29, 0.717) is 0 Å². The summed E-state index contributed by atoms with van der Waals surface area (Å²) in [6.45, 7) is 12.3. The number of hydrogen-bond acceptors (Lipinski definition) is 5. The molecular formula is C13H23N5. The van der Waals surface area contributed by atoms with Crippen molar-refractivity contribution in [2.75, 3.05) is 49.1 Å². The molecule has 0 radical (unpaired) electrons. The van der Waals surface area contributed by atoms with Crippen LogP contribution in [0.2, 0.25) is 0 Å². The van der Waals surface area contributed by atoms with Gasteiger partial charge < -0.3 is 15.1 Å². The minimum Gasteiger partial charge on any atom is -0.354 e. The van der Waals surface area contributed by atoms with Crippen LogP contribution in [0.4, 0.5) is 11.8 Å². The lowest BCUT2D eigenvalue weighted by atomic mass is 10.3. The normalized spacial score (nSPS) is 15.8. The Morgan fingerprint density at radius 1 is 1.22 bits per heavy atom. The van der Waals surface area contributed by atoms with Crippen LogP contribution < -0.4 is 15.1 Å². The quantitative estimate of drug-likeness (QED) is 0.864. The second kappa shape index (κ2) is 6.00. The summed E-state index contributed by atoms with van der Waals surface area (Å²) in [7, 11) is 0. The lowest BCUT2D eigenvalue weighted by molar-refractivity contribution is 0.584. The van der Waals surface area contributed by atoms with E-state index in [4.69, 9.17) is 4.98 Å². The summed E-state index contributed by atoms with van der Waals surface area (Å²) in [4.78, 5) is 13.8. The molecule has 0 aliphatic carbocycles. The van der Waals surface area contributed by atoms with Crippen LogP contribution in [0.3, 0.4) is 0 Å². The van der Waals surface area contributed by atoms with Gasteiger partial charge in [-0.2, -0.15) is 4.98 Å². The molecule has 2 rings (SSSR count). The molecule has 0 atom stereocenters. The van der Waals surface area contributed by atoms with Crippen molar-refractivity contribution in [3.63, 3.8) is 0 Å². The van der Waals surface area contributed by atoms with E-state index >= 15 is 0 Å². The highest BCUT2D eigenvalue weighted by Crippen LogP contribution is 2.17. The van der Waals surface area contributed by atoms with E-state index in [-0.39, 0.29) is 0 Å². The zero-order chi connectivity index (χ0) is 13.0. The van der Waals surface area contributed by atoms with Crippen molar-refractivity contribution in [3.8, 4) is 0 Å². The van der Waals surface area contributed by atoms with E-state index in [1.165, 1.54) is 0 Å². The predicted octanol–water partition coefficient (Wildman–Crippen LogP) is 1.04. The second-order valence-corrected chi connectivity index (χ2v) is 4.58. The van der Waals surface area contributed by atoms with Crippen molar-refractivity contribution in [2.45, 2.75) is 20.8 Å². The summed E-state index contributed by atoms with van der Waals surface area (Å²) < 4.78 is 0. The Hall–Kier alpha value is -1.36. The van der Waals surface area contributed by atoms with Crippen LogP contribution in [0.5, 0.6) is 0 Å². The lowest BCUT2D eigenvalue weighted by Crippen LogP contribution is -2.44. The Balaban J connectivity index is 2.24. The van der Waals surface area contributed by atoms with Gasteiger partial charge >= 0.3 is 0 Å². The molecule has 2 heterocycles. The highest BCUT2D eigenvalue weighted by atomic mass is 15.3. The summed E-state index contributed by atoms with van der Waals surface area (Å²) in [6, 6.07) is 2.08. The minimum absolute atomic E-state index is 0.855. The van der Waals surface area contributed by atoms with Crippen molar-refractivity contribution in [1.29, 1.82) is 0 Å². The molecule has 1 aromatic heterocycles. The first-order chi connectivity index (χ1) is 8.74. The number of piperazine rings is 1. The molecule has 0 bridgehead atoms. The number of anilines is 2. The summed E-state index contributed by atoms with van der Waals surface area (Å²) in [5.74, 6) is 1.92. The van der Waals surface area contributed by atoms with Crippen LogP contribution in [-0.2, 0) is 0 Å². The van der Waals surface area contributed by atoms with E-state index in [2.05, 4.69) is 40.0 Å². The van der Waals surface area contributed by atoms with Gasteiger partial charge in [-0.3, -0.25) is 0 Å². The van der Waals surface area contributed by atoms with Gasteiger partial charge in [0.25, 0.3) is 0 Å². The van der Waals surface area contributed by atoms with E-state index in [9.17, 15) is 0 Å². The Morgan fingerprint density at radius 3 is 2.50 bits per heavy atom. The molecule has 100 valence electrons. The summed E-state index contributed by atoms with van der Waals surface area (Å²) >= 11 is 0. The molecule has 0 aromatic carbocycles. The van der Waals surface area contributed by atoms with Crippen molar-refractivity contribution < 1.29 is 0 Å². The Kier molecular flexibility index (Phi) is 4.36. The Morgan fingerprint density at radius 2 is 1.89 bits per heavy atom. The van der Waals surface area contributed by atoms with Crippen molar-refractivity contribution in [2.24, 2.45) is 0 Å². The number of aryl methyl sites for hydroxylation is 1. The number of nitrogens with zero attached hydrogens (tertiary/aromatic N) is 4. The average Bonchev–Trinajstić information content (AvgIpc) is 2.40. The van der Waals surface area contributed by atoms with Crippen LogP contribution in [0.1, 0.15) is 19.5 Å². The number of hydrogen-bond donors (Lipinski definition) is 1. The summed E-state index contributed by atoms with van der Waals surface area (Å²) in [5.41, 5.74) is 1.04. The monoisotopic (exact) mass is 249 g/mol. The van der Waals surface area contributed by atoms with E-state index in [0.717, 1.165) is 56.7 Å². The molecule has 1 fully saturated rings. The van der Waals surface area contributed by atoms with Crippen molar-refractivity contribution in [3.05, 3.63) is 11.8 Å². The topological polar surface area (TPSA) is 44.3 Å². The highest BCUT2D eigenvalue weighted by molar-refractivity contribution is 5.46. The van der Waals surface area contributed by atoms with E-state index in [1.54, 1.807) is 0 Å². The maximum absolute atomic E-state index is 4.71. The van der Waals surface area contributed by atoms with Gasteiger partial charge in [-0.25, -0.2) is 4.98 Å². The van der Waals surface area contributed by atoms with E-state index < -0.39 is 0 Å². The molecule has 5 nitrogen and oxygen atoms in total. The first-order valence-electron chi connectivity index (χ1n) is 6.81. The standard InChI is InChI=1S/C13H23N5/c1-4-17(5-2)13-15-11(3)10-12(16-13)18-8-6-14-7-9-18/h10,14H,4-9H2,1-3H3. The molecule has 0 amide bonds. The van der Waals surface area contributed by atoms with Gasteiger partial charge in [0.05, 0.1) is 0 Å². The van der Waals surface area contributed by atoms with Gasteiger partial charge in [0.1, 0.15) is 5.82 Å². The molecule has 1 N–H and O–H groups in total. The van der Waals surface area contributed by atoms with Crippen molar-refractivity contribution in [1.82, 2.24) is 15.3 Å². The summed E-state index contributed by atoms with van der Waals surface area (Å²) in [5, 5.41) is 3.36. The fraction of sp³-hybridized carbons (Fsp3) is 0.692. The highest BCUT2D eigenvalue weighted by Gasteiger charge is 2.15. The van der Waals surface area contributed by atoms with Gasteiger partial charge in [0.15, 0.2) is 0 Å². The molecule has 5 heteroatoms. The summed E-state index contributed by atoms with van der Waals surface area (Å²) in [6.07, 6.45) is 0. The Bertz CT molecular complexity index is 383. The van der Waals surface area contributed by atoms with Gasteiger partial charge in [-0.05, 0) is 20.8 Å². The smallest absolute Gasteiger partial charge is 0.227 e. The van der Waals surface area contributed by atoms with Gasteiger partial charge in [-0.1, -0.05) is 0 Å². The largest absolute Gasteiger partial charge is 0.354 e. The maximum Gasteiger partial charge on any atom is 0.227 e. The third-order valence-corrected chi connectivity index (χ3v) is 3.32. The molecular weight excluding hydrogens is 226 g/mol. The van der Waals surface area contributed by atoms with Gasteiger partial charge in [0, 0.05) is 51.0 Å². The SMILES string of the molecule is CCN(CC)c1nc(C)cc(N2CCNCC2)n1. The number of aromatic nitrogens is 2. The van der Waals surface area contributed by atoms with Crippen LogP contribution in [-0.4, -0.2) is 49.2 Å². The molecule has 1 saturated heterocycles. The third-order valence-electron chi connectivity index (χ3n) is 3.32. The maximum atomic E-state index is 4.71. The molecule has 18 heavy (non-hydrogen) atoms. The minimum atomic E-state index is 0.855. The van der Waals surface area contributed by atoms with Crippen LogP contribution in [0.25, 0.3) is 0 Å². The third kappa shape index (κ3) is 2.90. The number of rotatable bonds is 4. The molecule has 1 aliphatic heterocycles. The van der Waals surface area contributed by atoms with Gasteiger partial charge in [-0.15, -0.1) is 0 Å². The first-order valence-corrected chi connectivity index (χ1v) is 6.81. The average molecular weight is 249 g/mol. The molecule has 0 unspecified atom stereocenters.